The molecule has 0 saturated heterocycles. The van der Waals surface area contributed by atoms with E-state index in [-0.39, 0.29) is 11.2 Å². The minimum absolute atomic E-state index is 0.121. The predicted octanol–water partition coefficient (Wildman–Crippen LogP) is 3.70. The summed E-state index contributed by atoms with van der Waals surface area (Å²) >= 11 is 0. The number of aromatic nitrogens is 2. The molecule has 0 fully saturated rings. The molecule has 0 bridgehead atoms. The van der Waals surface area contributed by atoms with Crippen LogP contribution in [0.25, 0.3) is 0 Å². The molecule has 0 spiro atoms. The van der Waals surface area contributed by atoms with Gasteiger partial charge in [0.15, 0.2) is 5.78 Å². The summed E-state index contributed by atoms with van der Waals surface area (Å²) in [6.45, 7) is 6.19. The van der Waals surface area contributed by atoms with Crippen LogP contribution in [0.1, 0.15) is 48.9 Å². The first-order chi connectivity index (χ1) is 9.93. The van der Waals surface area contributed by atoms with Crippen LogP contribution in [0.3, 0.4) is 0 Å². The highest BCUT2D eigenvalue weighted by atomic mass is 16.5. The average Bonchev–Trinajstić information content (AvgIpc) is 2.79. The normalized spacial score (nSPS) is 14.1. The van der Waals surface area contributed by atoms with Crippen LogP contribution < -0.4 is 4.74 Å². The number of ketones is 1. The molecule has 2 aromatic rings. The maximum atomic E-state index is 11.6. The number of hydrogen-bond acceptors (Lipinski definition) is 4. The minimum Gasteiger partial charge on any atom is -0.439 e. The van der Waals surface area contributed by atoms with Gasteiger partial charge in [0.25, 0.3) is 0 Å². The Balaban J connectivity index is 1.86. The van der Waals surface area contributed by atoms with Crippen molar-refractivity contribution in [3.8, 4) is 11.6 Å². The first kappa shape index (κ1) is 13.7. The van der Waals surface area contributed by atoms with Crippen LogP contribution in [0, 0.1) is 0 Å². The summed E-state index contributed by atoms with van der Waals surface area (Å²) in [6, 6.07) is 7.33. The number of Topliss-reactive ketones (excluding diaryl/α,β-unsaturated/α-hetero) is 1. The summed E-state index contributed by atoms with van der Waals surface area (Å²) < 4.78 is 5.81. The molecule has 0 aliphatic heterocycles. The maximum absolute atomic E-state index is 11.6. The van der Waals surface area contributed by atoms with Crippen molar-refractivity contribution < 1.29 is 9.53 Å². The average molecular weight is 282 g/mol. The van der Waals surface area contributed by atoms with E-state index in [9.17, 15) is 4.79 Å². The molecule has 4 heteroatoms. The van der Waals surface area contributed by atoms with E-state index >= 15 is 0 Å². The Morgan fingerprint density at radius 3 is 2.71 bits per heavy atom. The first-order valence-corrected chi connectivity index (χ1v) is 7.11. The van der Waals surface area contributed by atoms with Crippen molar-refractivity contribution in [1.82, 2.24) is 9.97 Å². The molecule has 0 atom stereocenters. The van der Waals surface area contributed by atoms with Crippen LogP contribution in [0.5, 0.6) is 11.6 Å². The Morgan fingerprint density at radius 1 is 1.14 bits per heavy atom. The summed E-state index contributed by atoms with van der Waals surface area (Å²) in [4.78, 5) is 20.4. The quantitative estimate of drug-likeness (QED) is 0.842. The standard InChI is InChI=1S/C17H18N2O2/c1-17(2,3)16-18-9-8-15(19-16)21-12-5-6-13-11(10-12)4-7-14(13)20/h5-6,8-10H,4,7H2,1-3H3. The predicted molar refractivity (Wildman–Crippen MR) is 79.9 cm³/mol. The Morgan fingerprint density at radius 2 is 1.95 bits per heavy atom. The van der Waals surface area contributed by atoms with Crippen molar-refractivity contribution in [2.45, 2.75) is 39.0 Å². The smallest absolute Gasteiger partial charge is 0.222 e. The van der Waals surface area contributed by atoms with Crippen molar-refractivity contribution in [1.29, 1.82) is 0 Å². The van der Waals surface area contributed by atoms with Crippen LogP contribution in [-0.4, -0.2) is 15.8 Å². The number of ether oxygens (including phenoxy) is 1. The van der Waals surface area contributed by atoms with Gasteiger partial charge in [-0.2, -0.15) is 4.98 Å². The maximum Gasteiger partial charge on any atom is 0.222 e. The van der Waals surface area contributed by atoms with Gasteiger partial charge in [-0.25, -0.2) is 4.98 Å². The fourth-order valence-corrected chi connectivity index (χ4v) is 2.38. The zero-order valence-electron chi connectivity index (χ0n) is 12.5. The Kier molecular flexibility index (Phi) is 3.24. The third-order valence-corrected chi connectivity index (χ3v) is 3.52. The highest BCUT2D eigenvalue weighted by Gasteiger charge is 2.20. The molecule has 3 rings (SSSR count). The molecule has 0 radical (unpaired) electrons. The van der Waals surface area contributed by atoms with E-state index in [4.69, 9.17) is 4.74 Å². The first-order valence-electron chi connectivity index (χ1n) is 7.11. The van der Waals surface area contributed by atoms with Gasteiger partial charge in [-0.1, -0.05) is 20.8 Å². The van der Waals surface area contributed by atoms with Gasteiger partial charge in [-0.3, -0.25) is 4.79 Å². The number of hydrogen-bond donors (Lipinski definition) is 0. The highest BCUT2D eigenvalue weighted by molar-refractivity contribution is 6.00. The zero-order valence-corrected chi connectivity index (χ0v) is 12.5. The second kappa shape index (κ2) is 4.95. The monoisotopic (exact) mass is 282 g/mol. The third-order valence-electron chi connectivity index (χ3n) is 3.52. The van der Waals surface area contributed by atoms with E-state index in [1.54, 1.807) is 12.3 Å². The van der Waals surface area contributed by atoms with Crippen LogP contribution in [0.15, 0.2) is 30.5 Å². The Hall–Kier alpha value is -2.23. The van der Waals surface area contributed by atoms with E-state index < -0.39 is 0 Å². The molecule has 21 heavy (non-hydrogen) atoms. The number of fused-ring (bicyclic) bond motifs is 1. The van der Waals surface area contributed by atoms with E-state index in [2.05, 4.69) is 30.7 Å². The molecule has 0 N–H and O–H groups in total. The van der Waals surface area contributed by atoms with Gasteiger partial charge >= 0.3 is 0 Å². The lowest BCUT2D eigenvalue weighted by molar-refractivity contribution is 0.0994. The molecule has 0 unspecified atom stereocenters. The summed E-state index contributed by atoms with van der Waals surface area (Å²) in [5.41, 5.74) is 1.76. The minimum atomic E-state index is -0.121. The van der Waals surface area contributed by atoms with Gasteiger partial charge in [0.1, 0.15) is 11.6 Å². The molecule has 1 aliphatic carbocycles. The molecule has 1 heterocycles. The van der Waals surface area contributed by atoms with Gasteiger partial charge in [0.2, 0.25) is 5.88 Å². The topological polar surface area (TPSA) is 52.1 Å². The molecule has 1 aliphatic rings. The van der Waals surface area contributed by atoms with Gasteiger partial charge in [0.05, 0.1) is 0 Å². The van der Waals surface area contributed by atoms with E-state index in [1.807, 2.05) is 18.2 Å². The largest absolute Gasteiger partial charge is 0.439 e. The molecule has 0 saturated carbocycles. The number of benzene rings is 1. The van der Waals surface area contributed by atoms with Crippen molar-refractivity contribution in [2.75, 3.05) is 0 Å². The van der Waals surface area contributed by atoms with Gasteiger partial charge < -0.3 is 4.74 Å². The Bertz CT molecular complexity index is 702. The lowest BCUT2D eigenvalue weighted by atomic mass is 9.96. The molecule has 1 aromatic carbocycles. The number of carbonyl (C=O) groups excluding carboxylic acids is 1. The van der Waals surface area contributed by atoms with Crippen LogP contribution in [0.2, 0.25) is 0 Å². The van der Waals surface area contributed by atoms with Crippen molar-refractivity contribution in [2.24, 2.45) is 0 Å². The Labute approximate surface area is 124 Å². The summed E-state index contributed by atoms with van der Waals surface area (Å²) in [5.74, 6) is 2.20. The fraction of sp³-hybridized carbons (Fsp3) is 0.353. The number of nitrogens with zero attached hydrogens (tertiary/aromatic N) is 2. The SMILES string of the molecule is CC(C)(C)c1nccc(Oc2ccc3c(c2)CCC3=O)n1. The van der Waals surface area contributed by atoms with Crippen molar-refractivity contribution in [3.63, 3.8) is 0 Å². The molecular weight excluding hydrogens is 264 g/mol. The molecule has 4 nitrogen and oxygen atoms in total. The van der Waals surface area contributed by atoms with E-state index in [0.717, 1.165) is 23.4 Å². The molecule has 108 valence electrons. The van der Waals surface area contributed by atoms with Gasteiger partial charge in [-0.05, 0) is 30.2 Å². The van der Waals surface area contributed by atoms with Crippen LogP contribution >= 0.6 is 0 Å². The number of carbonyl (C=O) groups is 1. The molecule has 0 amide bonds. The van der Waals surface area contributed by atoms with Gasteiger partial charge in [0, 0.05) is 29.7 Å². The number of rotatable bonds is 2. The van der Waals surface area contributed by atoms with Crippen LogP contribution in [-0.2, 0) is 11.8 Å². The summed E-state index contributed by atoms with van der Waals surface area (Å²) in [6.07, 6.45) is 3.10. The fourth-order valence-electron chi connectivity index (χ4n) is 2.38. The zero-order chi connectivity index (χ0) is 15.0. The van der Waals surface area contributed by atoms with Crippen molar-refractivity contribution in [3.05, 3.63) is 47.4 Å². The molecular formula is C17H18N2O2. The summed E-state index contributed by atoms with van der Waals surface area (Å²) in [7, 11) is 0. The van der Waals surface area contributed by atoms with Crippen LogP contribution in [0.4, 0.5) is 0 Å². The lowest BCUT2D eigenvalue weighted by Gasteiger charge is -2.16. The molecule has 1 aromatic heterocycles. The summed E-state index contributed by atoms with van der Waals surface area (Å²) in [5, 5.41) is 0. The third kappa shape index (κ3) is 2.79. The van der Waals surface area contributed by atoms with E-state index in [1.165, 1.54) is 0 Å². The second-order valence-electron chi connectivity index (χ2n) is 6.31. The second-order valence-corrected chi connectivity index (χ2v) is 6.31. The van der Waals surface area contributed by atoms with E-state index in [0.29, 0.717) is 18.1 Å². The number of aryl methyl sites for hydroxylation is 1. The highest BCUT2D eigenvalue weighted by Crippen LogP contribution is 2.29. The lowest BCUT2D eigenvalue weighted by Crippen LogP contribution is -2.15. The van der Waals surface area contributed by atoms with Gasteiger partial charge in [-0.15, -0.1) is 0 Å². The van der Waals surface area contributed by atoms with Crippen molar-refractivity contribution >= 4 is 5.78 Å².